The Morgan fingerprint density at radius 2 is 1.69 bits per heavy atom. The highest BCUT2D eigenvalue weighted by molar-refractivity contribution is 5.94. The number of H-pyrrole nitrogens is 1. The van der Waals surface area contributed by atoms with Crippen molar-refractivity contribution < 1.29 is 33.0 Å². The number of alkyl halides is 2. The number of aromatic nitrogens is 2. The Kier molecular flexibility index (Phi) is 5.46. The van der Waals surface area contributed by atoms with E-state index in [0.717, 1.165) is 22.3 Å². The number of anilines is 1. The molecule has 9 nitrogen and oxygen atoms in total. The number of carbonyl (C=O) groups is 3. The lowest BCUT2D eigenvalue weighted by Gasteiger charge is -2.14. The summed E-state index contributed by atoms with van der Waals surface area (Å²) in [5.74, 6) is -9.11. The Balaban J connectivity index is 1.15. The van der Waals surface area contributed by atoms with Gasteiger partial charge in [-0.25, -0.2) is 13.6 Å². The Morgan fingerprint density at radius 3 is 2.29 bits per heavy atom. The lowest BCUT2D eigenvalue weighted by atomic mass is 9.98. The van der Waals surface area contributed by atoms with Gasteiger partial charge in [0, 0.05) is 18.5 Å². The van der Waals surface area contributed by atoms with Crippen molar-refractivity contribution in [3.05, 3.63) is 71.4 Å². The average molecular weight is 482 g/mol. The number of ether oxygens (including phenoxy) is 1. The molecule has 2 unspecified atom stereocenters. The van der Waals surface area contributed by atoms with Crippen LogP contribution in [0.25, 0.3) is 11.1 Å². The summed E-state index contributed by atoms with van der Waals surface area (Å²) in [6.07, 6.45) is -0.771. The maximum absolute atomic E-state index is 13.4. The van der Waals surface area contributed by atoms with Crippen molar-refractivity contribution >= 4 is 23.8 Å². The van der Waals surface area contributed by atoms with Gasteiger partial charge in [-0.15, -0.1) is 0 Å². The normalized spacial score (nSPS) is 19.4. The summed E-state index contributed by atoms with van der Waals surface area (Å²) in [6, 6.07) is 17.0. The van der Waals surface area contributed by atoms with Crippen molar-refractivity contribution in [1.29, 1.82) is 0 Å². The predicted octanol–water partition coefficient (Wildman–Crippen LogP) is 3.47. The van der Waals surface area contributed by atoms with Crippen LogP contribution in [-0.2, 0) is 9.53 Å². The minimum absolute atomic E-state index is 0.00698. The first-order chi connectivity index (χ1) is 16.8. The minimum atomic E-state index is -3.36. The monoisotopic (exact) mass is 482 g/mol. The SMILES string of the molecule is O=C(Nc1cc(C(=O)NCC2C(C(=O)O)C2(F)F)[nH]n1)OCC1c2ccccc2-c2ccccc21. The van der Waals surface area contributed by atoms with Crippen molar-refractivity contribution in [2.75, 3.05) is 18.5 Å². The van der Waals surface area contributed by atoms with Crippen LogP contribution in [0, 0.1) is 11.8 Å². The lowest BCUT2D eigenvalue weighted by Crippen LogP contribution is -2.27. The molecule has 35 heavy (non-hydrogen) atoms. The molecule has 0 bridgehead atoms. The number of nitrogens with zero attached hydrogens (tertiary/aromatic N) is 1. The number of aliphatic carboxylic acids is 1. The van der Waals surface area contributed by atoms with Gasteiger partial charge < -0.3 is 15.2 Å². The molecule has 180 valence electrons. The standard InChI is InChI=1S/C24H20F2N4O5/c25-24(26)17(20(24)22(32)33)10-27-21(31)18-9-19(30-29-18)28-23(34)35-11-16-14-7-3-1-5-12(14)13-6-2-4-8-15(13)16/h1-9,16-17,20H,10-11H2,(H,27,31)(H,32,33)(H2,28,29,30,34). The number of nitrogens with one attached hydrogen (secondary N) is 3. The molecule has 2 aliphatic carbocycles. The zero-order valence-corrected chi connectivity index (χ0v) is 18.1. The van der Waals surface area contributed by atoms with Crippen LogP contribution in [-0.4, -0.2) is 52.3 Å². The van der Waals surface area contributed by atoms with Crippen LogP contribution < -0.4 is 10.6 Å². The van der Waals surface area contributed by atoms with Gasteiger partial charge in [0.1, 0.15) is 18.2 Å². The summed E-state index contributed by atoms with van der Waals surface area (Å²) in [5.41, 5.74) is 4.23. The highest BCUT2D eigenvalue weighted by Gasteiger charge is 2.72. The van der Waals surface area contributed by atoms with Gasteiger partial charge in [0.15, 0.2) is 5.82 Å². The molecule has 2 amide bonds. The summed E-state index contributed by atoms with van der Waals surface area (Å²) >= 11 is 0. The van der Waals surface area contributed by atoms with E-state index < -0.39 is 42.3 Å². The second kappa shape index (κ2) is 8.49. The Bertz CT molecular complexity index is 1280. The molecule has 5 rings (SSSR count). The highest BCUT2D eigenvalue weighted by Crippen LogP contribution is 2.54. The smallest absolute Gasteiger partial charge is 0.412 e. The van der Waals surface area contributed by atoms with E-state index in [-0.39, 0.29) is 24.0 Å². The first kappa shape index (κ1) is 22.5. The van der Waals surface area contributed by atoms with Gasteiger partial charge in [0.2, 0.25) is 0 Å². The largest absolute Gasteiger partial charge is 0.481 e. The number of hydrogen-bond donors (Lipinski definition) is 4. The fraction of sp³-hybridized carbons (Fsp3) is 0.250. The number of hydrogen-bond acceptors (Lipinski definition) is 5. The van der Waals surface area contributed by atoms with Crippen molar-refractivity contribution in [3.8, 4) is 11.1 Å². The van der Waals surface area contributed by atoms with Crippen molar-refractivity contribution in [2.24, 2.45) is 11.8 Å². The van der Waals surface area contributed by atoms with E-state index in [0.29, 0.717) is 0 Å². The Hall–Kier alpha value is -4.28. The van der Waals surface area contributed by atoms with E-state index in [1.54, 1.807) is 0 Å². The molecular formula is C24H20F2N4O5. The molecule has 2 aliphatic rings. The van der Waals surface area contributed by atoms with Gasteiger partial charge in [-0.3, -0.25) is 20.0 Å². The molecule has 1 heterocycles. The van der Waals surface area contributed by atoms with Crippen molar-refractivity contribution in [2.45, 2.75) is 11.8 Å². The molecule has 1 fully saturated rings. The minimum Gasteiger partial charge on any atom is -0.481 e. The molecule has 0 radical (unpaired) electrons. The van der Waals surface area contributed by atoms with Gasteiger partial charge >= 0.3 is 12.1 Å². The summed E-state index contributed by atoms with van der Waals surface area (Å²) < 4.78 is 32.3. The zero-order chi connectivity index (χ0) is 24.7. The summed E-state index contributed by atoms with van der Waals surface area (Å²) in [6.45, 7) is -0.408. The molecule has 1 aromatic heterocycles. The zero-order valence-electron chi connectivity index (χ0n) is 18.1. The first-order valence-electron chi connectivity index (χ1n) is 10.8. The van der Waals surface area contributed by atoms with Crippen LogP contribution in [0.2, 0.25) is 0 Å². The number of carbonyl (C=O) groups excluding carboxylic acids is 2. The quantitative estimate of drug-likeness (QED) is 0.408. The third kappa shape index (κ3) is 4.09. The summed E-state index contributed by atoms with van der Waals surface area (Å²) in [5, 5.41) is 19.6. The topological polar surface area (TPSA) is 133 Å². The molecule has 3 aromatic rings. The van der Waals surface area contributed by atoms with Gasteiger partial charge in [-0.1, -0.05) is 48.5 Å². The summed E-state index contributed by atoms with van der Waals surface area (Å²) in [4.78, 5) is 35.3. The van der Waals surface area contributed by atoms with Crippen LogP contribution in [0.15, 0.2) is 54.6 Å². The highest BCUT2D eigenvalue weighted by atomic mass is 19.3. The maximum atomic E-state index is 13.4. The number of fused-ring (bicyclic) bond motifs is 3. The first-order valence-corrected chi connectivity index (χ1v) is 10.8. The Morgan fingerprint density at radius 1 is 1.06 bits per heavy atom. The second-order valence-electron chi connectivity index (χ2n) is 8.42. The number of carboxylic acid groups (broad SMARTS) is 1. The van der Waals surface area contributed by atoms with E-state index in [2.05, 4.69) is 20.8 Å². The van der Waals surface area contributed by atoms with E-state index in [4.69, 9.17) is 9.84 Å². The second-order valence-corrected chi connectivity index (χ2v) is 8.42. The van der Waals surface area contributed by atoms with Gasteiger partial charge in [-0.05, 0) is 22.3 Å². The van der Waals surface area contributed by atoms with E-state index in [1.165, 1.54) is 6.07 Å². The van der Waals surface area contributed by atoms with Gasteiger partial charge in [0.25, 0.3) is 11.8 Å². The van der Waals surface area contributed by atoms with Crippen molar-refractivity contribution in [3.63, 3.8) is 0 Å². The third-order valence-electron chi connectivity index (χ3n) is 6.35. The fourth-order valence-corrected chi connectivity index (χ4v) is 4.52. The molecule has 4 N–H and O–H groups in total. The predicted molar refractivity (Wildman–Crippen MR) is 119 cm³/mol. The van der Waals surface area contributed by atoms with Crippen LogP contribution in [0.4, 0.5) is 19.4 Å². The van der Waals surface area contributed by atoms with Crippen LogP contribution >= 0.6 is 0 Å². The number of amides is 2. The maximum Gasteiger partial charge on any atom is 0.412 e. The lowest BCUT2D eigenvalue weighted by molar-refractivity contribution is -0.140. The molecule has 1 saturated carbocycles. The third-order valence-corrected chi connectivity index (χ3v) is 6.35. The fourth-order valence-electron chi connectivity index (χ4n) is 4.52. The number of benzene rings is 2. The molecule has 11 heteroatoms. The van der Waals surface area contributed by atoms with E-state index >= 15 is 0 Å². The Labute approximate surface area is 197 Å². The molecule has 0 spiro atoms. The van der Waals surface area contributed by atoms with Crippen LogP contribution in [0.1, 0.15) is 27.5 Å². The van der Waals surface area contributed by atoms with Crippen LogP contribution in [0.3, 0.4) is 0 Å². The number of carboxylic acids is 1. The molecular weight excluding hydrogens is 462 g/mol. The number of halogens is 2. The van der Waals surface area contributed by atoms with Gasteiger partial charge in [0.05, 0.1) is 5.92 Å². The van der Waals surface area contributed by atoms with Crippen molar-refractivity contribution in [1.82, 2.24) is 15.5 Å². The van der Waals surface area contributed by atoms with Gasteiger partial charge in [-0.2, -0.15) is 5.10 Å². The van der Waals surface area contributed by atoms with Crippen LogP contribution in [0.5, 0.6) is 0 Å². The number of aromatic amines is 1. The summed E-state index contributed by atoms with van der Waals surface area (Å²) in [7, 11) is 0. The number of rotatable bonds is 7. The van der Waals surface area contributed by atoms with E-state index in [9.17, 15) is 23.2 Å². The molecule has 2 aromatic carbocycles. The average Bonchev–Trinajstić information content (AvgIpc) is 3.13. The molecule has 2 atom stereocenters. The van der Waals surface area contributed by atoms with E-state index in [1.807, 2.05) is 48.5 Å². The molecule has 0 saturated heterocycles. The molecule has 0 aliphatic heterocycles.